The largest absolute Gasteiger partial charge is 0.462 e. The van der Waals surface area contributed by atoms with Crippen molar-refractivity contribution in [2.24, 2.45) is 0 Å². The van der Waals surface area contributed by atoms with Crippen LogP contribution in [0.25, 0.3) is 0 Å². The molecule has 0 spiro atoms. The second-order valence-corrected chi connectivity index (χ2v) is 15.7. The summed E-state index contributed by atoms with van der Waals surface area (Å²) in [4.78, 5) is 37.6. The van der Waals surface area contributed by atoms with Crippen LogP contribution in [0.15, 0.2) is 24.3 Å². The number of carbonyl (C=O) groups is 3. The first-order valence-corrected chi connectivity index (χ1v) is 23.3. The third-order valence-electron chi connectivity index (χ3n) is 10.2. The molecule has 1 atom stereocenters. The number of esters is 3. The zero-order valence-electron chi connectivity index (χ0n) is 36.0. The van der Waals surface area contributed by atoms with E-state index < -0.39 is 6.10 Å². The molecular weight excluding hydrogens is 673 g/mol. The van der Waals surface area contributed by atoms with Gasteiger partial charge in [0.2, 0.25) is 0 Å². The summed E-state index contributed by atoms with van der Waals surface area (Å²) >= 11 is 0. The molecule has 0 rings (SSSR count). The van der Waals surface area contributed by atoms with Crippen molar-refractivity contribution in [1.82, 2.24) is 0 Å². The molecule has 6 nitrogen and oxygen atoms in total. The molecular formula is C48H88O6. The summed E-state index contributed by atoms with van der Waals surface area (Å²) in [5.41, 5.74) is 0. The Labute approximate surface area is 334 Å². The van der Waals surface area contributed by atoms with Gasteiger partial charge in [0.15, 0.2) is 6.10 Å². The first-order valence-electron chi connectivity index (χ1n) is 23.3. The fraction of sp³-hybridized carbons (Fsp3) is 0.854. The van der Waals surface area contributed by atoms with Crippen LogP contribution < -0.4 is 0 Å². The molecule has 316 valence electrons. The number of allylic oxidation sites excluding steroid dienone is 4. The van der Waals surface area contributed by atoms with E-state index in [2.05, 4.69) is 45.1 Å². The molecule has 0 radical (unpaired) electrons. The van der Waals surface area contributed by atoms with Gasteiger partial charge in [-0.3, -0.25) is 14.4 Å². The van der Waals surface area contributed by atoms with E-state index in [1.54, 1.807) is 0 Å². The first kappa shape index (κ1) is 51.9. The molecule has 0 saturated heterocycles. The number of ether oxygens (including phenoxy) is 3. The molecule has 0 aromatic rings. The lowest BCUT2D eigenvalue weighted by atomic mass is 10.1. The van der Waals surface area contributed by atoms with Gasteiger partial charge >= 0.3 is 17.9 Å². The van der Waals surface area contributed by atoms with Gasteiger partial charge in [-0.05, 0) is 64.2 Å². The number of hydrogen-bond donors (Lipinski definition) is 0. The van der Waals surface area contributed by atoms with E-state index in [1.165, 1.54) is 135 Å². The molecule has 6 heteroatoms. The van der Waals surface area contributed by atoms with Crippen molar-refractivity contribution in [2.75, 3.05) is 13.2 Å². The Morgan fingerprint density at radius 2 is 0.630 bits per heavy atom. The summed E-state index contributed by atoms with van der Waals surface area (Å²) in [6, 6.07) is 0. The van der Waals surface area contributed by atoms with Crippen LogP contribution in [0.4, 0.5) is 0 Å². The molecule has 0 aliphatic carbocycles. The highest BCUT2D eigenvalue weighted by molar-refractivity contribution is 5.71. The minimum absolute atomic E-state index is 0.0738. The lowest BCUT2D eigenvalue weighted by Crippen LogP contribution is -2.30. The summed E-state index contributed by atoms with van der Waals surface area (Å²) in [5, 5.41) is 0. The molecule has 1 unspecified atom stereocenters. The fourth-order valence-electron chi connectivity index (χ4n) is 6.59. The van der Waals surface area contributed by atoms with Crippen molar-refractivity contribution in [1.29, 1.82) is 0 Å². The van der Waals surface area contributed by atoms with Gasteiger partial charge in [-0.25, -0.2) is 0 Å². The minimum atomic E-state index is -0.770. The van der Waals surface area contributed by atoms with Crippen molar-refractivity contribution in [3.05, 3.63) is 24.3 Å². The maximum atomic E-state index is 12.7. The number of hydrogen-bond acceptors (Lipinski definition) is 6. The third kappa shape index (κ3) is 41.1. The minimum Gasteiger partial charge on any atom is -0.462 e. The molecule has 0 aliphatic rings. The second-order valence-electron chi connectivity index (χ2n) is 15.7. The molecule has 0 N–H and O–H groups in total. The summed E-state index contributed by atoms with van der Waals surface area (Å²) in [6.07, 6.45) is 47.4. The van der Waals surface area contributed by atoms with Gasteiger partial charge in [-0.1, -0.05) is 186 Å². The molecule has 0 aromatic heterocycles. The number of unbranched alkanes of at least 4 members (excludes halogenated alkanes) is 27. The Morgan fingerprint density at radius 1 is 0.352 bits per heavy atom. The van der Waals surface area contributed by atoms with Gasteiger partial charge in [0.25, 0.3) is 0 Å². The van der Waals surface area contributed by atoms with Crippen LogP contribution in [0.5, 0.6) is 0 Å². The van der Waals surface area contributed by atoms with Crippen LogP contribution in [-0.4, -0.2) is 37.2 Å². The smallest absolute Gasteiger partial charge is 0.306 e. The Balaban J connectivity index is 4.28. The third-order valence-corrected chi connectivity index (χ3v) is 10.2. The summed E-state index contributed by atoms with van der Waals surface area (Å²) in [6.45, 7) is 6.56. The van der Waals surface area contributed by atoms with E-state index in [0.29, 0.717) is 19.3 Å². The van der Waals surface area contributed by atoms with Gasteiger partial charge in [0.05, 0.1) is 0 Å². The predicted octanol–water partition coefficient (Wildman–Crippen LogP) is 14.8. The van der Waals surface area contributed by atoms with Gasteiger partial charge in [-0.15, -0.1) is 0 Å². The Bertz CT molecular complexity index is 880. The zero-order valence-corrected chi connectivity index (χ0v) is 36.0. The van der Waals surface area contributed by atoms with Crippen LogP contribution in [-0.2, 0) is 28.6 Å². The van der Waals surface area contributed by atoms with Crippen molar-refractivity contribution in [3.63, 3.8) is 0 Å². The SMILES string of the molecule is CCCC/C=C\CCCCCCCC(=O)OC(COC(=O)CCCCCCCCCC)COC(=O)CCCCCCCCC/C=C\CCCCCCCC. The van der Waals surface area contributed by atoms with Gasteiger partial charge in [-0.2, -0.15) is 0 Å². The zero-order chi connectivity index (χ0) is 39.4. The van der Waals surface area contributed by atoms with Crippen LogP contribution in [0.3, 0.4) is 0 Å². The van der Waals surface area contributed by atoms with E-state index in [9.17, 15) is 14.4 Å². The fourth-order valence-corrected chi connectivity index (χ4v) is 6.59. The maximum Gasteiger partial charge on any atom is 0.306 e. The first-order chi connectivity index (χ1) is 26.5. The molecule has 54 heavy (non-hydrogen) atoms. The maximum absolute atomic E-state index is 12.7. The number of rotatable bonds is 42. The highest BCUT2D eigenvalue weighted by Crippen LogP contribution is 2.14. The van der Waals surface area contributed by atoms with Crippen molar-refractivity contribution >= 4 is 17.9 Å². The van der Waals surface area contributed by atoms with Crippen LogP contribution >= 0.6 is 0 Å². The molecule has 0 fully saturated rings. The average Bonchev–Trinajstić information content (AvgIpc) is 3.17. The van der Waals surface area contributed by atoms with E-state index in [-0.39, 0.29) is 31.1 Å². The van der Waals surface area contributed by atoms with Gasteiger partial charge in [0, 0.05) is 19.3 Å². The standard InChI is InChI=1S/C48H88O6/c1-4-7-10-13-16-19-21-22-23-24-25-26-28-29-32-35-38-41-47(50)53-44-45(43-52-46(49)40-37-34-31-18-15-12-9-6-3)54-48(51)42-39-36-33-30-27-20-17-14-11-8-5-2/h14,17,22-23,45H,4-13,15-16,18-21,24-44H2,1-3H3/b17-14-,23-22-. The molecule has 0 bridgehead atoms. The molecule has 0 aliphatic heterocycles. The second kappa shape index (κ2) is 43.6. The summed E-state index contributed by atoms with van der Waals surface area (Å²) in [5.74, 6) is -0.888. The molecule has 0 heterocycles. The lowest BCUT2D eigenvalue weighted by molar-refractivity contribution is -0.167. The number of carbonyl (C=O) groups excluding carboxylic acids is 3. The Morgan fingerprint density at radius 3 is 0.981 bits per heavy atom. The molecule has 0 amide bonds. The predicted molar refractivity (Wildman–Crippen MR) is 229 cm³/mol. The summed E-state index contributed by atoms with van der Waals surface area (Å²) in [7, 11) is 0. The van der Waals surface area contributed by atoms with E-state index >= 15 is 0 Å². The van der Waals surface area contributed by atoms with Crippen LogP contribution in [0.1, 0.15) is 245 Å². The van der Waals surface area contributed by atoms with E-state index in [4.69, 9.17) is 14.2 Å². The highest BCUT2D eigenvalue weighted by Gasteiger charge is 2.19. The van der Waals surface area contributed by atoms with Gasteiger partial charge < -0.3 is 14.2 Å². The highest BCUT2D eigenvalue weighted by atomic mass is 16.6. The molecule has 0 saturated carbocycles. The van der Waals surface area contributed by atoms with E-state index in [1.807, 2.05) is 0 Å². The van der Waals surface area contributed by atoms with Crippen LogP contribution in [0.2, 0.25) is 0 Å². The van der Waals surface area contributed by atoms with Crippen molar-refractivity contribution in [3.8, 4) is 0 Å². The monoisotopic (exact) mass is 761 g/mol. The topological polar surface area (TPSA) is 78.9 Å². The Kier molecular flexibility index (Phi) is 41.9. The van der Waals surface area contributed by atoms with E-state index in [0.717, 1.165) is 70.6 Å². The van der Waals surface area contributed by atoms with Crippen molar-refractivity contribution < 1.29 is 28.6 Å². The van der Waals surface area contributed by atoms with Crippen LogP contribution in [0, 0.1) is 0 Å². The normalized spacial score (nSPS) is 12.1. The quantitative estimate of drug-likeness (QED) is 0.0267. The lowest BCUT2D eigenvalue weighted by Gasteiger charge is -2.18. The molecule has 0 aromatic carbocycles. The average molecular weight is 761 g/mol. The van der Waals surface area contributed by atoms with Gasteiger partial charge in [0.1, 0.15) is 13.2 Å². The van der Waals surface area contributed by atoms with Crippen molar-refractivity contribution in [2.45, 2.75) is 252 Å². The summed E-state index contributed by atoms with van der Waals surface area (Å²) < 4.78 is 16.7. The Hall–Kier alpha value is -2.11.